The fraction of sp³-hybridized carbons (Fsp3) is 0.286. The molecule has 6 heteroatoms. The summed E-state index contributed by atoms with van der Waals surface area (Å²) in [4.78, 5) is 10.2. The number of nitriles is 2. The molecule has 0 atom stereocenters. The topological polar surface area (TPSA) is 66.4 Å². The number of hydrogen-bond acceptors (Lipinski definition) is 6. The molecule has 27 heavy (non-hydrogen) atoms. The molecule has 5 nitrogen and oxygen atoms in total. The van der Waals surface area contributed by atoms with Crippen LogP contribution >= 0.6 is 11.3 Å². The van der Waals surface area contributed by atoms with Crippen LogP contribution in [0.3, 0.4) is 0 Å². The zero-order valence-corrected chi connectivity index (χ0v) is 15.8. The summed E-state index contributed by atoms with van der Waals surface area (Å²) in [7, 11) is 0. The van der Waals surface area contributed by atoms with E-state index in [4.69, 9.17) is 4.99 Å². The lowest BCUT2D eigenvalue weighted by Crippen LogP contribution is -2.46. The van der Waals surface area contributed by atoms with Crippen LogP contribution in [0.4, 0.5) is 5.69 Å². The highest BCUT2D eigenvalue weighted by Crippen LogP contribution is 2.41. The van der Waals surface area contributed by atoms with E-state index in [9.17, 15) is 10.5 Å². The van der Waals surface area contributed by atoms with Gasteiger partial charge in [-0.2, -0.15) is 10.5 Å². The molecule has 0 saturated carbocycles. The number of rotatable bonds is 2. The first-order valence-electron chi connectivity index (χ1n) is 9.03. The van der Waals surface area contributed by atoms with Gasteiger partial charge in [-0.15, -0.1) is 11.3 Å². The van der Waals surface area contributed by atoms with E-state index in [0.717, 1.165) is 53.7 Å². The maximum absolute atomic E-state index is 9.46. The lowest BCUT2D eigenvalue weighted by atomic mass is 10.1. The molecule has 4 rings (SSSR count). The Balaban J connectivity index is 1.78. The zero-order valence-electron chi connectivity index (χ0n) is 15.0. The molecular formula is C21H19N5S. The van der Waals surface area contributed by atoms with Gasteiger partial charge in [0, 0.05) is 18.5 Å². The minimum Gasteiger partial charge on any atom is -0.342 e. The van der Waals surface area contributed by atoms with Gasteiger partial charge in [0.15, 0.2) is 0 Å². The second-order valence-corrected chi connectivity index (χ2v) is 7.58. The molecule has 0 amide bonds. The van der Waals surface area contributed by atoms with Crippen molar-refractivity contribution in [3.8, 4) is 12.1 Å². The van der Waals surface area contributed by atoms with Crippen molar-refractivity contribution in [1.82, 2.24) is 9.80 Å². The molecular weight excluding hydrogens is 354 g/mol. The second-order valence-electron chi connectivity index (χ2n) is 6.70. The Morgan fingerprint density at radius 2 is 1.81 bits per heavy atom. The van der Waals surface area contributed by atoms with E-state index in [1.54, 1.807) is 0 Å². The zero-order chi connectivity index (χ0) is 18.8. The van der Waals surface area contributed by atoms with Gasteiger partial charge in [0.25, 0.3) is 0 Å². The SMILES string of the molecule is C=C1c2scc(C#N)c2N=C(N2CCCCC2)N1Cc1ccccc1C#N. The molecule has 2 aliphatic heterocycles. The van der Waals surface area contributed by atoms with Gasteiger partial charge >= 0.3 is 0 Å². The molecule has 0 radical (unpaired) electrons. The highest BCUT2D eigenvalue weighted by molar-refractivity contribution is 7.12. The summed E-state index contributed by atoms with van der Waals surface area (Å²) in [6.07, 6.45) is 3.50. The first-order valence-corrected chi connectivity index (χ1v) is 9.91. The van der Waals surface area contributed by atoms with Gasteiger partial charge in [0.1, 0.15) is 11.8 Å². The van der Waals surface area contributed by atoms with E-state index >= 15 is 0 Å². The molecule has 3 heterocycles. The molecule has 0 spiro atoms. The molecule has 1 aromatic heterocycles. The first-order chi connectivity index (χ1) is 13.2. The average Bonchev–Trinajstić information content (AvgIpc) is 3.14. The normalized spacial score (nSPS) is 16.4. The lowest BCUT2D eigenvalue weighted by Gasteiger charge is -2.39. The highest BCUT2D eigenvalue weighted by atomic mass is 32.1. The van der Waals surface area contributed by atoms with Gasteiger partial charge in [-0.05, 0) is 30.9 Å². The van der Waals surface area contributed by atoms with Crippen molar-refractivity contribution < 1.29 is 0 Å². The lowest BCUT2D eigenvalue weighted by molar-refractivity contribution is 0.306. The van der Waals surface area contributed by atoms with Crippen molar-refractivity contribution in [3.05, 3.63) is 57.8 Å². The molecule has 2 aromatic rings. The molecule has 0 unspecified atom stereocenters. The number of aliphatic imine (C=N–C) groups is 1. The molecule has 0 bridgehead atoms. The van der Waals surface area contributed by atoms with Crippen molar-refractivity contribution in [1.29, 1.82) is 10.5 Å². The molecule has 1 aromatic carbocycles. The van der Waals surface area contributed by atoms with Gasteiger partial charge in [-0.25, -0.2) is 4.99 Å². The van der Waals surface area contributed by atoms with Crippen molar-refractivity contribution in [2.24, 2.45) is 4.99 Å². The number of piperidine rings is 1. The minimum absolute atomic E-state index is 0.539. The summed E-state index contributed by atoms with van der Waals surface area (Å²) < 4.78 is 0. The van der Waals surface area contributed by atoms with Crippen molar-refractivity contribution in [2.75, 3.05) is 13.1 Å². The summed E-state index contributed by atoms with van der Waals surface area (Å²) in [5, 5.41) is 20.7. The largest absolute Gasteiger partial charge is 0.342 e. The second kappa shape index (κ2) is 7.26. The van der Waals surface area contributed by atoms with Crippen molar-refractivity contribution in [2.45, 2.75) is 25.8 Å². The Labute approximate surface area is 163 Å². The number of likely N-dealkylation sites (tertiary alicyclic amines) is 1. The van der Waals surface area contributed by atoms with Crippen molar-refractivity contribution in [3.63, 3.8) is 0 Å². The van der Waals surface area contributed by atoms with E-state index in [1.807, 2.05) is 29.6 Å². The Morgan fingerprint density at radius 1 is 1.07 bits per heavy atom. The van der Waals surface area contributed by atoms with Crippen LogP contribution in [0.1, 0.15) is 40.8 Å². The summed E-state index contributed by atoms with van der Waals surface area (Å²) in [6.45, 7) is 6.75. The van der Waals surface area contributed by atoms with E-state index in [-0.39, 0.29) is 0 Å². The number of hydrogen-bond donors (Lipinski definition) is 0. The monoisotopic (exact) mass is 373 g/mol. The van der Waals surface area contributed by atoms with Crippen LogP contribution in [0.5, 0.6) is 0 Å². The van der Waals surface area contributed by atoms with Crippen LogP contribution in [0, 0.1) is 22.7 Å². The number of guanidine groups is 1. The third kappa shape index (κ3) is 3.09. The Kier molecular flexibility index (Phi) is 4.66. The number of nitrogens with zero attached hydrogens (tertiary/aromatic N) is 5. The van der Waals surface area contributed by atoms with E-state index in [0.29, 0.717) is 17.7 Å². The molecule has 2 aliphatic rings. The minimum atomic E-state index is 0.539. The van der Waals surface area contributed by atoms with Crippen LogP contribution < -0.4 is 0 Å². The van der Waals surface area contributed by atoms with Gasteiger partial charge in [0.2, 0.25) is 5.96 Å². The fourth-order valence-corrected chi connectivity index (χ4v) is 4.50. The summed E-state index contributed by atoms with van der Waals surface area (Å²) in [6, 6.07) is 12.2. The number of fused-ring (bicyclic) bond motifs is 1. The maximum Gasteiger partial charge on any atom is 0.206 e. The van der Waals surface area contributed by atoms with Crippen LogP contribution in [-0.4, -0.2) is 28.8 Å². The van der Waals surface area contributed by atoms with Crippen LogP contribution in [-0.2, 0) is 6.54 Å². The molecule has 1 fully saturated rings. The Hall–Kier alpha value is -3.09. The van der Waals surface area contributed by atoms with Gasteiger partial charge in [-0.1, -0.05) is 24.8 Å². The van der Waals surface area contributed by atoms with Crippen LogP contribution in [0.15, 0.2) is 41.2 Å². The third-order valence-corrected chi connectivity index (χ3v) is 6.05. The molecule has 134 valence electrons. The van der Waals surface area contributed by atoms with Crippen LogP contribution in [0.2, 0.25) is 0 Å². The van der Waals surface area contributed by atoms with E-state index in [1.165, 1.54) is 17.8 Å². The van der Waals surface area contributed by atoms with Gasteiger partial charge in [-0.3, -0.25) is 0 Å². The van der Waals surface area contributed by atoms with Gasteiger partial charge < -0.3 is 9.80 Å². The third-order valence-electron chi connectivity index (χ3n) is 5.03. The van der Waals surface area contributed by atoms with Gasteiger partial charge in [0.05, 0.1) is 34.3 Å². The average molecular weight is 373 g/mol. The quantitative estimate of drug-likeness (QED) is 0.780. The predicted molar refractivity (Wildman–Crippen MR) is 107 cm³/mol. The smallest absolute Gasteiger partial charge is 0.206 e. The van der Waals surface area contributed by atoms with Crippen molar-refractivity contribution >= 4 is 28.7 Å². The predicted octanol–water partition coefficient (Wildman–Crippen LogP) is 4.45. The molecule has 0 aliphatic carbocycles. The highest BCUT2D eigenvalue weighted by Gasteiger charge is 2.31. The van der Waals surface area contributed by atoms with E-state index < -0.39 is 0 Å². The Bertz CT molecular complexity index is 998. The standard InChI is InChI=1S/C21H19N5S/c1-15-20-19(18(12-23)14-27-20)24-21(25-9-5-2-6-10-25)26(15)13-17-8-4-3-7-16(17)11-22/h3-4,7-8,14H,1-2,5-6,9-10,13H2. The number of thiophene rings is 1. The first kappa shape index (κ1) is 17.3. The summed E-state index contributed by atoms with van der Waals surface area (Å²) >= 11 is 1.50. The fourth-order valence-electron chi connectivity index (χ4n) is 3.59. The summed E-state index contributed by atoms with van der Waals surface area (Å²) in [5.74, 6) is 0.842. The van der Waals surface area contributed by atoms with Crippen LogP contribution in [0.25, 0.3) is 5.70 Å². The number of benzene rings is 1. The molecule has 0 N–H and O–H groups in total. The Morgan fingerprint density at radius 3 is 2.56 bits per heavy atom. The maximum atomic E-state index is 9.46. The van der Waals surface area contributed by atoms with E-state index in [2.05, 4.69) is 28.5 Å². The summed E-state index contributed by atoms with van der Waals surface area (Å²) in [5.41, 5.74) is 3.80. The molecule has 1 saturated heterocycles.